The summed E-state index contributed by atoms with van der Waals surface area (Å²) in [6.07, 6.45) is 3.07. The molecular formula is C22H19ClN2O4S. The van der Waals surface area contributed by atoms with Crippen LogP contribution in [0, 0.1) is 0 Å². The molecule has 0 bridgehead atoms. The molecule has 0 atom stereocenters. The Bertz CT molecular complexity index is 1280. The van der Waals surface area contributed by atoms with Crippen molar-refractivity contribution in [3.05, 3.63) is 89.5 Å². The molecule has 1 amide bonds. The summed E-state index contributed by atoms with van der Waals surface area (Å²) in [7, 11) is -3.63. The summed E-state index contributed by atoms with van der Waals surface area (Å²) in [5.74, 6) is 0.254. The van der Waals surface area contributed by atoms with E-state index in [4.69, 9.17) is 16.0 Å². The lowest BCUT2D eigenvalue weighted by molar-refractivity contribution is -0.121. The second kappa shape index (κ2) is 8.38. The lowest BCUT2D eigenvalue weighted by Gasteiger charge is -2.06. The summed E-state index contributed by atoms with van der Waals surface area (Å²) in [5, 5.41) is 3.91. The van der Waals surface area contributed by atoms with Crippen molar-refractivity contribution in [2.75, 3.05) is 0 Å². The van der Waals surface area contributed by atoms with Gasteiger partial charge in [-0.25, -0.2) is 8.42 Å². The number of carbonyl (C=O) groups excluding carboxylic acids is 1. The number of fused-ring (bicyclic) bond motifs is 1. The summed E-state index contributed by atoms with van der Waals surface area (Å²) in [4.78, 5) is 12.6. The summed E-state index contributed by atoms with van der Waals surface area (Å²) < 4.78 is 33.1. The second-order valence-corrected chi connectivity index (χ2v) is 9.27. The maximum Gasteiger partial charge on any atom is 0.240 e. The van der Waals surface area contributed by atoms with Crippen LogP contribution >= 0.6 is 11.6 Å². The van der Waals surface area contributed by atoms with Crippen LogP contribution in [0.2, 0.25) is 5.02 Å². The Labute approximate surface area is 179 Å². The van der Waals surface area contributed by atoms with E-state index in [0.717, 1.165) is 0 Å². The molecule has 30 heavy (non-hydrogen) atoms. The highest BCUT2D eigenvalue weighted by Crippen LogP contribution is 2.28. The molecule has 4 rings (SSSR count). The average molecular weight is 443 g/mol. The van der Waals surface area contributed by atoms with Gasteiger partial charge in [0.1, 0.15) is 12.3 Å². The molecule has 0 spiro atoms. The zero-order valence-corrected chi connectivity index (χ0v) is 17.5. The van der Waals surface area contributed by atoms with Gasteiger partial charge >= 0.3 is 0 Å². The average Bonchev–Trinajstić information content (AvgIpc) is 3.37. The van der Waals surface area contributed by atoms with E-state index in [0.29, 0.717) is 27.2 Å². The highest BCUT2D eigenvalue weighted by Gasteiger charge is 2.22. The fraction of sp³-hybridized carbons (Fsp3) is 0.136. The molecule has 0 saturated carbocycles. The Morgan fingerprint density at radius 1 is 1.03 bits per heavy atom. The van der Waals surface area contributed by atoms with E-state index in [2.05, 4.69) is 5.32 Å². The van der Waals surface area contributed by atoms with E-state index in [1.165, 1.54) is 6.20 Å². The standard InChI is InChI=1S/C22H19ClN2O4S/c23-17-9-7-16(8-10-17)15-30(27,28)21-13-25(20-6-2-1-5-19(20)21)14-22(26)24-12-18-4-3-11-29-18/h1-11,13H,12,14-15H2,(H,24,26). The fourth-order valence-corrected chi connectivity index (χ4v) is 4.99. The molecule has 4 aromatic rings. The van der Waals surface area contributed by atoms with Crippen molar-refractivity contribution in [1.29, 1.82) is 0 Å². The highest BCUT2D eigenvalue weighted by molar-refractivity contribution is 7.90. The van der Waals surface area contributed by atoms with Crippen molar-refractivity contribution in [3.63, 3.8) is 0 Å². The highest BCUT2D eigenvalue weighted by atomic mass is 35.5. The van der Waals surface area contributed by atoms with Crippen LogP contribution in [0.25, 0.3) is 10.9 Å². The number of rotatable bonds is 7. The van der Waals surface area contributed by atoms with Gasteiger partial charge in [-0.15, -0.1) is 0 Å². The molecule has 0 saturated heterocycles. The number of para-hydroxylation sites is 1. The molecule has 2 aromatic carbocycles. The van der Waals surface area contributed by atoms with Crippen LogP contribution in [0.5, 0.6) is 0 Å². The second-order valence-electron chi connectivity index (χ2n) is 6.88. The van der Waals surface area contributed by atoms with Gasteiger partial charge in [-0.2, -0.15) is 0 Å². The first-order valence-electron chi connectivity index (χ1n) is 9.26. The van der Waals surface area contributed by atoms with Gasteiger partial charge in [-0.1, -0.05) is 41.9 Å². The fourth-order valence-electron chi connectivity index (χ4n) is 3.28. The molecule has 2 heterocycles. The number of hydrogen-bond acceptors (Lipinski definition) is 4. The van der Waals surface area contributed by atoms with Crippen molar-refractivity contribution in [1.82, 2.24) is 9.88 Å². The molecule has 0 unspecified atom stereocenters. The number of hydrogen-bond donors (Lipinski definition) is 1. The first kappa shape index (κ1) is 20.3. The van der Waals surface area contributed by atoms with E-state index < -0.39 is 9.84 Å². The first-order valence-corrected chi connectivity index (χ1v) is 11.3. The third-order valence-corrected chi connectivity index (χ3v) is 6.67. The molecule has 154 valence electrons. The van der Waals surface area contributed by atoms with Gasteiger partial charge in [0, 0.05) is 22.1 Å². The smallest absolute Gasteiger partial charge is 0.240 e. The third kappa shape index (κ3) is 4.42. The summed E-state index contributed by atoms with van der Waals surface area (Å²) in [6, 6.07) is 17.4. The number of sulfone groups is 1. The van der Waals surface area contributed by atoms with Crippen molar-refractivity contribution in [3.8, 4) is 0 Å². The number of halogens is 1. The quantitative estimate of drug-likeness (QED) is 0.465. The van der Waals surface area contributed by atoms with E-state index in [1.807, 2.05) is 6.07 Å². The zero-order chi connectivity index (χ0) is 21.1. The Morgan fingerprint density at radius 3 is 2.53 bits per heavy atom. The molecule has 1 N–H and O–H groups in total. The van der Waals surface area contributed by atoms with E-state index in [1.54, 1.807) is 65.4 Å². The number of nitrogens with one attached hydrogen (secondary N) is 1. The summed E-state index contributed by atoms with van der Waals surface area (Å²) in [5.41, 5.74) is 1.33. The van der Waals surface area contributed by atoms with Gasteiger partial charge in [0.05, 0.1) is 23.5 Å². The molecular weight excluding hydrogens is 424 g/mol. The predicted octanol–water partition coefficient (Wildman–Crippen LogP) is 4.18. The molecule has 0 aliphatic heterocycles. The maximum atomic E-state index is 13.1. The molecule has 0 fully saturated rings. The van der Waals surface area contributed by atoms with Crippen molar-refractivity contribution >= 4 is 38.2 Å². The number of nitrogens with zero attached hydrogens (tertiary/aromatic N) is 1. The first-order chi connectivity index (χ1) is 14.4. The van der Waals surface area contributed by atoms with Gasteiger partial charge in [0.15, 0.2) is 9.84 Å². The molecule has 0 aliphatic carbocycles. The van der Waals surface area contributed by atoms with E-state index in [9.17, 15) is 13.2 Å². The van der Waals surface area contributed by atoms with Gasteiger partial charge in [-0.3, -0.25) is 4.79 Å². The van der Waals surface area contributed by atoms with Gasteiger partial charge in [0.25, 0.3) is 0 Å². The number of aromatic nitrogens is 1. The third-order valence-electron chi connectivity index (χ3n) is 4.71. The number of carbonyl (C=O) groups is 1. The molecule has 0 radical (unpaired) electrons. The lowest BCUT2D eigenvalue weighted by Crippen LogP contribution is -2.26. The van der Waals surface area contributed by atoms with Crippen molar-refractivity contribution < 1.29 is 17.6 Å². The maximum absolute atomic E-state index is 13.1. The van der Waals surface area contributed by atoms with Crippen LogP contribution < -0.4 is 5.32 Å². The zero-order valence-electron chi connectivity index (χ0n) is 15.9. The largest absolute Gasteiger partial charge is 0.467 e. The van der Waals surface area contributed by atoms with Crippen molar-refractivity contribution in [2.45, 2.75) is 23.7 Å². The minimum absolute atomic E-state index is 0.00229. The normalized spacial score (nSPS) is 11.6. The molecule has 8 heteroatoms. The number of benzene rings is 2. The van der Waals surface area contributed by atoms with Crippen LogP contribution in [0.3, 0.4) is 0 Å². The molecule has 0 aliphatic rings. The minimum atomic E-state index is -3.63. The monoisotopic (exact) mass is 442 g/mol. The number of furan rings is 1. The van der Waals surface area contributed by atoms with Gasteiger partial charge in [0.2, 0.25) is 5.91 Å². The Hall–Kier alpha value is -3.03. The summed E-state index contributed by atoms with van der Waals surface area (Å²) >= 11 is 5.89. The van der Waals surface area contributed by atoms with Gasteiger partial charge in [-0.05, 0) is 35.9 Å². The van der Waals surface area contributed by atoms with Crippen LogP contribution in [0.1, 0.15) is 11.3 Å². The van der Waals surface area contributed by atoms with Crippen LogP contribution in [0.4, 0.5) is 0 Å². The topological polar surface area (TPSA) is 81.3 Å². The molecule has 2 aromatic heterocycles. The van der Waals surface area contributed by atoms with Crippen molar-refractivity contribution in [2.24, 2.45) is 0 Å². The van der Waals surface area contributed by atoms with Gasteiger partial charge < -0.3 is 14.3 Å². The molecule has 6 nitrogen and oxygen atoms in total. The summed E-state index contributed by atoms with van der Waals surface area (Å²) in [6.45, 7) is 0.268. The van der Waals surface area contributed by atoms with Crippen LogP contribution in [0.15, 0.2) is 82.4 Å². The van der Waals surface area contributed by atoms with E-state index in [-0.39, 0.29) is 29.6 Å². The van der Waals surface area contributed by atoms with E-state index >= 15 is 0 Å². The van der Waals surface area contributed by atoms with Crippen LogP contribution in [-0.2, 0) is 33.5 Å². The Morgan fingerprint density at radius 2 is 1.80 bits per heavy atom. The lowest BCUT2D eigenvalue weighted by atomic mass is 10.2. The predicted molar refractivity (Wildman–Crippen MR) is 115 cm³/mol. The van der Waals surface area contributed by atoms with Crippen LogP contribution in [-0.4, -0.2) is 18.9 Å². The number of amides is 1. The Balaban J connectivity index is 1.60. The SMILES string of the molecule is O=C(Cn1cc(S(=O)(=O)Cc2ccc(Cl)cc2)c2ccccc21)NCc1ccco1. The Kier molecular flexibility index (Phi) is 5.65. The minimum Gasteiger partial charge on any atom is -0.467 e.